The van der Waals surface area contributed by atoms with Crippen LogP contribution in [0.4, 0.5) is 5.69 Å². The lowest BCUT2D eigenvalue weighted by Gasteiger charge is -2.06. The van der Waals surface area contributed by atoms with Gasteiger partial charge in [-0.05, 0) is 26.0 Å². The maximum Gasteiger partial charge on any atom is 0.277 e. The van der Waals surface area contributed by atoms with E-state index in [1.807, 2.05) is 36.6 Å². The van der Waals surface area contributed by atoms with Crippen LogP contribution in [0.1, 0.15) is 16.8 Å². The minimum atomic E-state index is -0.279. The number of nitrogens with zero attached hydrogens (tertiary/aromatic N) is 2. The first-order chi connectivity index (χ1) is 14.9. The van der Waals surface area contributed by atoms with Gasteiger partial charge in [-0.25, -0.2) is 4.98 Å². The molecule has 0 saturated carbocycles. The molecular weight excluding hydrogens is 412 g/mol. The number of anilines is 1. The van der Waals surface area contributed by atoms with Crippen LogP contribution in [0.15, 0.2) is 58.7 Å². The molecule has 2 N–H and O–H groups in total. The Morgan fingerprint density at radius 1 is 1.19 bits per heavy atom. The topological polar surface area (TPSA) is 89.0 Å². The fourth-order valence-electron chi connectivity index (χ4n) is 3.21. The number of hydrogen-bond donors (Lipinski definition) is 2. The quantitative estimate of drug-likeness (QED) is 0.478. The Bertz CT molecular complexity index is 1280. The van der Waals surface area contributed by atoms with Gasteiger partial charge in [-0.3, -0.25) is 14.7 Å². The lowest BCUT2D eigenvalue weighted by atomic mass is 10.1. The van der Waals surface area contributed by atoms with Crippen molar-refractivity contribution >= 4 is 22.9 Å². The summed E-state index contributed by atoms with van der Waals surface area (Å²) in [6, 6.07) is 15.1. The number of carbonyl (C=O) groups is 1. The van der Waals surface area contributed by atoms with Crippen molar-refractivity contribution in [1.29, 1.82) is 0 Å². The van der Waals surface area contributed by atoms with E-state index >= 15 is 0 Å². The molecule has 0 unspecified atom stereocenters. The Morgan fingerprint density at radius 2 is 1.97 bits per heavy atom. The van der Waals surface area contributed by atoms with Crippen molar-refractivity contribution < 1.29 is 9.53 Å². The van der Waals surface area contributed by atoms with Gasteiger partial charge in [0.25, 0.3) is 5.56 Å². The third-order valence-electron chi connectivity index (χ3n) is 4.91. The van der Waals surface area contributed by atoms with Gasteiger partial charge in [-0.2, -0.15) is 4.68 Å². The number of carbonyl (C=O) groups excluding carboxylic acids is 1. The van der Waals surface area contributed by atoms with Crippen LogP contribution < -0.4 is 15.6 Å². The molecule has 0 fully saturated rings. The minimum absolute atomic E-state index is 0.0401. The van der Waals surface area contributed by atoms with Crippen molar-refractivity contribution in [3.05, 3.63) is 81.1 Å². The average molecular weight is 435 g/mol. The SMILES string of the molecule is COc1cccc(NC(=O)Cc2c(C)[nH]n(-c3nc(-c4ccc(C)cc4)cs3)c2=O)c1. The van der Waals surface area contributed by atoms with Crippen LogP contribution in [0.5, 0.6) is 5.75 Å². The second kappa shape index (κ2) is 8.61. The molecule has 0 atom stereocenters. The maximum atomic E-state index is 13.0. The molecule has 7 nitrogen and oxygen atoms in total. The number of benzene rings is 2. The second-order valence-corrected chi connectivity index (χ2v) is 8.03. The van der Waals surface area contributed by atoms with Gasteiger partial charge in [0, 0.05) is 34.0 Å². The molecule has 31 heavy (non-hydrogen) atoms. The molecule has 2 aromatic heterocycles. The van der Waals surface area contributed by atoms with Crippen LogP contribution in [0.3, 0.4) is 0 Å². The van der Waals surface area contributed by atoms with Gasteiger partial charge < -0.3 is 10.1 Å². The average Bonchev–Trinajstić information content (AvgIpc) is 3.35. The molecule has 0 saturated heterocycles. The molecule has 0 aliphatic heterocycles. The van der Waals surface area contributed by atoms with Crippen LogP contribution in [-0.4, -0.2) is 27.8 Å². The van der Waals surface area contributed by atoms with Crippen LogP contribution in [-0.2, 0) is 11.2 Å². The molecule has 158 valence electrons. The molecule has 8 heteroatoms. The molecular formula is C23H22N4O3S. The van der Waals surface area contributed by atoms with Crippen LogP contribution >= 0.6 is 11.3 Å². The first-order valence-electron chi connectivity index (χ1n) is 9.72. The number of ether oxygens (including phenoxy) is 1. The van der Waals surface area contributed by atoms with Gasteiger partial charge in [-0.15, -0.1) is 11.3 Å². The summed E-state index contributed by atoms with van der Waals surface area (Å²) < 4.78 is 6.56. The zero-order chi connectivity index (χ0) is 22.0. The summed E-state index contributed by atoms with van der Waals surface area (Å²) in [7, 11) is 1.56. The molecule has 0 aliphatic carbocycles. The normalized spacial score (nSPS) is 10.8. The first kappa shape index (κ1) is 20.6. The summed E-state index contributed by atoms with van der Waals surface area (Å²) in [6.45, 7) is 3.81. The highest BCUT2D eigenvalue weighted by Gasteiger charge is 2.18. The fraction of sp³-hybridized carbons (Fsp3) is 0.174. The van der Waals surface area contributed by atoms with Gasteiger partial charge in [0.2, 0.25) is 11.0 Å². The van der Waals surface area contributed by atoms with E-state index in [-0.39, 0.29) is 17.9 Å². The van der Waals surface area contributed by atoms with E-state index in [0.29, 0.717) is 27.8 Å². The molecule has 2 heterocycles. The van der Waals surface area contributed by atoms with E-state index in [1.165, 1.54) is 21.6 Å². The van der Waals surface area contributed by atoms with E-state index < -0.39 is 0 Å². The van der Waals surface area contributed by atoms with Crippen molar-refractivity contribution in [1.82, 2.24) is 14.8 Å². The number of rotatable bonds is 6. The number of aryl methyl sites for hydroxylation is 2. The number of hydrogen-bond acceptors (Lipinski definition) is 5. The van der Waals surface area contributed by atoms with Crippen LogP contribution in [0.2, 0.25) is 0 Å². The predicted octanol–water partition coefficient (Wildman–Crippen LogP) is 4.10. The minimum Gasteiger partial charge on any atom is -0.497 e. The number of amides is 1. The lowest BCUT2D eigenvalue weighted by molar-refractivity contribution is -0.115. The van der Waals surface area contributed by atoms with Gasteiger partial charge in [0.1, 0.15) is 5.75 Å². The van der Waals surface area contributed by atoms with Crippen LogP contribution in [0, 0.1) is 13.8 Å². The number of nitrogens with one attached hydrogen (secondary N) is 2. The lowest BCUT2D eigenvalue weighted by Crippen LogP contribution is -2.22. The van der Waals surface area contributed by atoms with Gasteiger partial charge >= 0.3 is 0 Å². The van der Waals surface area contributed by atoms with Gasteiger partial charge in [0.15, 0.2) is 0 Å². The van der Waals surface area contributed by atoms with E-state index in [1.54, 1.807) is 38.3 Å². The van der Waals surface area contributed by atoms with Crippen molar-refractivity contribution in [3.63, 3.8) is 0 Å². The monoisotopic (exact) mass is 434 g/mol. The summed E-state index contributed by atoms with van der Waals surface area (Å²) in [5.41, 5.74) is 4.35. The number of thiazole rings is 1. The second-order valence-electron chi connectivity index (χ2n) is 7.19. The van der Waals surface area contributed by atoms with E-state index in [9.17, 15) is 9.59 Å². The summed E-state index contributed by atoms with van der Waals surface area (Å²) >= 11 is 1.37. The van der Waals surface area contributed by atoms with E-state index in [2.05, 4.69) is 15.4 Å². The molecule has 1 amide bonds. The molecule has 0 bridgehead atoms. The highest BCUT2D eigenvalue weighted by Crippen LogP contribution is 2.24. The van der Waals surface area contributed by atoms with E-state index in [4.69, 9.17) is 4.74 Å². The Hall–Kier alpha value is -3.65. The smallest absolute Gasteiger partial charge is 0.277 e. The Morgan fingerprint density at radius 3 is 2.71 bits per heavy atom. The fourth-order valence-corrected chi connectivity index (χ4v) is 4.01. The zero-order valence-electron chi connectivity index (χ0n) is 17.4. The van der Waals surface area contributed by atoms with Crippen molar-refractivity contribution in [2.75, 3.05) is 12.4 Å². The van der Waals surface area contributed by atoms with Crippen molar-refractivity contribution in [2.45, 2.75) is 20.3 Å². The highest BCUT2D eigenvalue weighted by molar-refractivity contribution is 7.12. The summed E-state index contributed by atoms with van der Waals surface area (Å²) in [5.74, 6) is 0.366. The largest absolute Gasteiger partial charge is 0.497 e. The molecule has 0 spiro atoms. The van der Waals surface area contributed by atoms with Crippen molar-refractivity contribution in [3.8, 4) is 22.1 Å². The molecule has 0 radical (unpaired) electrons. The standard InChI is InChI=1S/C23H22N4O3S/c1-14-7-9-16(10-8-14)20-13-31-23(25-20)27-22(29)19(15(2)26-27)12-21(28)24-17-5-4-6-18(11-17)30-3/h4-11,13,26H,12H2,1-3H3,(H,24,28). The van der Waals surface area contributed by atoms with Crippen molar-refractivity contribution in [2.24, 2.45) is 0 Å². The Balaban J connectivity index is 1.54. The van der Waals surface area contributed by atoms with Crippen LogP contribution in [0.25, 0.3) is 16.4 Å². The predicted molar refractivity (Wildman–Crippen MR) is 122 cm³/mol. The summed E-state index contributed by atoms with van der Waals surface area (Å²) in [5, 5.41) is 8.29. The first-order valence-corrected chi connectivity index (χ1v) is 10.6. The summed E-state index contributed by atoms with van der Waals surface area (Å²) in [4.78, 5) is 30.1. The maximum absolute atomic E-state index is 13.0. The van der Waals surface area contributed by atoms with Gasteiger partial charge in [-0.1, -0.05) is 35.9 Å². The molecule has 4 rings (SSSR count). The molecule has 0 aliphatic rings. The van der Waals surface area contributed by atoms with E-state index in [0.717, 1.165) is 11.3 Å². The number of H-pyrrole nitrogens is 1. The third kappa shape index (κ3) is 4.44. The number of methoxy groups -OCH3 is 1. The third-order valence-corrected chi connectivity index (χ3v) is 5.74. The highest BCUT2D eigenvalue weighted by atomic mass is 32.1. The number of aromatic amines is 1. The summed E-state index contributed by atoms with van der Waals surface area (Å²) in [6.07, 6.45) is -0.0401. The Kier molecular flexibility index (Phi) is 5.73. The molecule has 4 aromatic rings. The molecule has 2 aromatic carbocycles. The number of aromatic nitrogens is 3. The zero-order valence-corrected chi connectivity index (χ0v) is 18.2. The van der Waals surface area contributed by atoms with Gasteiger partial charge in [0.05, 0.1) is 19.2 Å². The Labute approximate surface area is 183 Å².